The monoisotopic (exact) mass is 209 g/mol. The zero-order valence-electron chi connectivity index (χ0n) is 9.83. The number of hydrogen-bond acceptors (Lipinski definition) is 3. The predicted molar refractivity (Wildman–Crippen MR) is 69.0 cm³/mol. The molecule has 0 amide bonds. The SMILES string of the molecule is C/C(CCc1ccc(C)cc1)=N\N.CN.[HH]. The number of hydrogen-bond donors (Lipinski definition) is 2. The molecule has 3 nitrogen and oxygen atoms in total. The van der Waals surface area contributed by atoms with Crippen LogP contribution < -0.4 is 11.6 Å². The molecule has 0 aliphatic rings. The van der Waals surface area contributed by atoms with E-state index in [2.05, 4.69) is 42.0 Å². The first-order valence-corrected chi connectivity index (χ1v) is 5.09. The van der Waals surface area contributed by atoms with Crippen LogP contribution in [-0.4, -0.2) is 12.8 Å². The van der Waals surface area contributed by atoms with Crippen LogP contribution in [0.3, 0.4) is 0 Å². The summed E-state index contributed by atoms with van der Waals surface area (Å²) in [6, 6.07) is 8.56. The van der Waals surface area contributed by atoms with E-state index >= 15 is 0 Å². The number of rotatable bonds is 3. The van der Waals surface area contributed by atoms with Crippen molar-refractivity contribution in [3.63, 3.8) is 0 Å². The Bertz CT molecular complexity index is 294. The molecule has 86 valence electrons. The van der Waals surface area contributed by atoms with Crippen molar-refractivity contribution in [1.82, 2.24) is 0 Å². The Morgan fingerprint density at radius 1 is 1.27 bits per heavy atom. The van der Waals surface area contributed by atoms with Gasteiger partial charge in [-0.25, -0.2) is 0 Å². The molecule has 0 spiro atoms. The van der Waals surface area contributed by atoms with Gasteiger partial charge in [-0.05, 0) is 39.3 Å². The summed E-state index contributed by atoms with van der Waals surface area (Å²) in [7, 11) is 1.50. The van der Waals surface area contributed by atoms with Crippen molar-refractivity contribution >= 4 is 5.71 Å². The third-order valence-electron chi connectivity index (χ3n) is 2.12. The van der Waals surface area contributed by atoms with Crippen LogP contribution >= 0.6 is 0 Å². The molecule has 0 atom stereocenters. The van der Waals surface area contributed by atoms with E-state index in [0.717, 1.165) is 18.6 Å². The number of nitrogens with zero attached hydrogens (tertiary/aromatic N) is 1. The highest BCUT2D eigenvalue weighted by molar-refractivity contribution is 5.81. The highest BCUT2D eigenvalue weighted by atomic mass is 15.1. The average Bonchev–Trinajstić information content (AvgIpc) is 2.30. The summed E-state index contributed by atoms with van der Waals surface area (Å²) < 4.78 is 0. The van der Waals surface area contributed by atoms with E-state index in [-0.39, 0.29) is 1.43 Å². The van der Waals surface area contributed by atoms with Gasteiger partial charge in [0.15, 0.2) is 0 Å². The highest BCUT2D eigenvalue weighted by Crippen LogP contribution is 2.05. The van der Waals surface area contributed by atoms with Crippen molar-refractivity contribution < 1.29 is 1.43 Å². The zero-order valence-corrected chi connectivity index (χ0v) is 9.83. The second kappa shape index (κ2) is 8.00. The molecule has 0 aliphatic carbocycles. The predicted octanol–water partition coefficient (Wildman–Crippen LogP) is 2.08. The Labute approximate surface area is 93.7 Å². The van der Waals surface area contributed by atoms with Gasteiger partial charge in [0.2, 0.25) is 0 Å². The lowest BCUT2D eigenvalue weighted by atomic mass is 10.1. The first kappa shape index (κ1) is 13.7. The van der Waals surface area contributed by atoms with Crippen LogP contribution in [-0.2, 0) is 6.42 Å². The maximum atomic E-state index is 5.15. The minimum absolute atomic E-state index is 0. The molecule has 15 heavy (non-hydrogen) atoms. The van der Waals surface area contributed by atoms with Crippen molar-refractivity contribution in [2.45, 2.75) is 26.7 Å². The average molecular weight is 209 g/mol. The van der Waals surface area contributed by atoms with Gasteiger partial charge in [-0.15, -0.1) is 0 Å². The first-order chi connectivity index (χ1) is 7.22. The van der Waals surface area contributed by atoms with Crippen LogP contribution in [0.4, 0.5) is 0 Å². The van der Waals surface area contributed by atoms with Gasteiger partial charge >= 0.3 is 0 Å². The largest absolute Gasteiger partial charge is 0.333 e. The van der Waals surface area contributed by atoms with Crippen molar-refractivity contribution in [1.29, 1.82) is 0 Å². The van der Waals surface area contributed by atoms with E-state index in [9.17, 15) is 0 Å². The van der Waals surface area contributed by atoms with Crippen LogP contribution in [0, 0.1) is 6.92 Å². The topological polar surface area (TPSA) is 64.4 Å². The molecule has 0 bridgehead atoms. The molecule has 3 heteroatoms. The van der Waals surface area contributed by atoms with Crippen molar-refractivity contribution in [2.75, 3.05) is 7.05 Å². The van der Waals surface area contributed by atoms with E-state index < -0.39 is 0 Å². The summed E-state index contributed by atoms with van der Waals surface area (Å²) in [5.74, 6) is 5.15. The van der Waals surface area contributed by atoms with Crippen molar-refractivity contribution in [2.24, 2.45) is 16.7 Å². The Hall–Kier alpha value is -1.35. The van der Waals surface area contributed by atoms with Crippen LogP contribution in [0.2, 0.25) is 0 Å². The minimum Gasteiger partial charge on any atom is -0.333 e. The number of benzene rings is 1. The van der Waals surface area contributed by atoms with Gasteiger partial charge in [-0.3, -0.25) is 0 Å². The van der Waals surface area contributed by atoms with Gasteiger partial charge < -0.3 is 11.6 Å². The first-order valence-electron chi connectivity index (χ1n) is 5.09. The molecule has 0 aromatic heterocycles. The van der Waals surface area contributed by atoms with Crippen LogP contribution in [0.25, 0.3) is 0 Å². The maximum absolute atomic E-state index is 5.15. The molecule has 0 saturated carbocycles. The number of hydrazone groups is 1. The van der Waals surface area contributed by atoms with Gasteiger partial charge in [0.05, 0.1) is 0 Å². The molecule has 0 radical (unpaired) electrons. The molecular weight excluding hydrogens is 186 g/mol. The Morgan fingerprint density at radius 3 is 2.27 bits per heavy atom. The second-order valence-corrected chi connectivity index (χ2v) is 3.35. The van der Waals surface area contributed by atoms with Gasteiger partial charge in [-0.1, -0.05) is 29.8 Å². The molecule has 1 rings (SSSR count). The van der Waals surface area contributed by atoms with Crippen LogP contribution in [0.5, 0.6) is 0 Å². The van der Waals surface area contributed by atoms with Gasteiger partial charge in [-0.2, -0.15) is 5.10 Å². The zero-order chi connectivity index (χ0) is 11.7. The molecule has 0 unspecified atom stereocenters. The third-order valence-corrected chi connectivity index (χ3v) is 2.12. The molecule has 0 aliphatic heterocycles. The van der Waals surface area contributed by atoms with Crippen LogP contribution in [0.1, 0.15) is 25.9 Å². The van der Waals surface area contributed by atoms with Crippen LogP contribution in [0.15, 0.2) is 29.4 Å². The fraction of sp³-hybridized carbons (Fsp3) is 0.417. The summed E-state index contributed by atoms with van der Waals surface area (Å²) in [4.78, 5) is 0. The smallest absolute Gasteiger partial charge is 0.0348 e. The fourth-order valence-corrected chi connectivity index (χ4v) is 1.14. The molecule has 0 heterocycles. The van der Waals surface area contributed by atoms with E-state index in [1.165, 1.54) is 18.2 Å². The Balaban J connectivity index is 0. The standard InChI is InChI=1S/C11H16N2.CH5N.H2/c1-9-3-6-11(7-4-9)8-5-10(2)13-12;1-2;/h3-4,6-7H,5,8,12H2,1-2H3;2H2,1H3;1H/b13-10+;;. The number of aryl methyl sites for hydroxylation is 2. The van der Waals surface area contributed by atoms with E-state index in [4.69, 9.17) is 5.84 Å². The normalized spacial score (nSPS) is 10.5. The maximum Gasteiger partial charge on any atom is 0.0348 e. The summed E-state index contributed by atoms with van der Waals surface area (Å²) in [5.41, 5.74) is 8.14. The second-order valence-electron chi connectivity index (χ2n) is 3.35. The molecule has 1 aromatic rings. The summed E-state index contributed by atoms with van der Waals surface area (Å²) >= 11 is 0. The van der Waals surface area contributed by atoms with E-state index in [1.54, 1.807) is 0 Å². The molecule has 1 aromatic carbocycles. The lowest BCUT2D eigenvalue weighted by Gasteiger charge is -2.00. The van der Waals surface area contributed by atoms with Gasteiger partial charge in [0, 0.05) is 7.14 Å². The Kier molecular flexibility index (Phi) is 7.28. The van der Waals surface area contributed by atoms with Gasteiger partial charge in [0.1, 0.15) is 0 Å². The quantitative estimate of drug-likeness (QED) is 0.455. The fourth-order valence-electron chi connectivity index (χ4n) is 1.14. The van der Waals surface area contributed by atoms with Crippen molar-refractivity contribution in [3.8, 4) is 0 Å². The summed E-state index contributed by atoms with van der Waals surface area (Å²) in [5, 5.41) is 3.64. The van der Waals surface area contributed by atoms with Crippen molar-refractivity contribution in [3.05, 3.63) is 35.4 Å². The molecule has 0 fully saturated rings. The summed E-state index contributed by atoms with van der Waals surface area (Å²) in [6.07, 6.45) is 1.96. The molecular formula is C12H23N3. The van der Waals surface area contributed by atoms with E-state index in [1.807, 2.05) is 6.92 Å². The molecule has 0 saturated heterocycles. The Morgan fingerprint density at radius 2 is 1.80 bits per heavy atom. The highest BCUT2D eigenvalue weighted by Gasteiger charge is 1.94. The third kappa shape index (κ3) is 5.86. The summed E-state index contributed by atoms with van der Waals surface area (Å²) in [6.45, 7) is 4.05. The lowest BCUT2D eigenvalue weighted by molar-refractivity contribution is 1.02. The minimum atomic E-state index is 0. The lowest BCUT2D eigenvalue weighted by Crippen LogP contribution is -1.98. The van der Waals surface area contributed by atoms with E-state index in [0.29, 0.717) is 0 Å². The van der Waals surface area contributed by atoms with Gasteiger partial charge in [0.25, 0.3) is 0 Å². The number of nitrogens with two attached hydrogens (primary N) is 2. The molecule has 4 N–H and O–H groups in total.